The Morgan fingerprint density at radius 1 is 1.25 bits per heavy atom. The van der Waals surface area contributed by atoms with E-state index in [1.807, 2.05) is 25.1 Å². The van der Waals surface area contributed by atoms with Gasteiger partial charge in [-0.3, -0.25) is 4.98 Å². The molecule has 130 valence electrons. The molecule has 1 aromatic heterocycles. The summed E-state index contributed by atoms with van der Waals surface area (Å²) in [5.41, 5.74) is 1.59. The van der Waals surface area contributed by atoms with Gasteiger partial charge in [0.25, 0.3) is 0 Å². The molecule has 8 heteroatoms. The van der Waals surface area contributed by atoms with Gasteiger partial charge in [0, 0.05) is 36.5 Å². The molecule has 2 heterocycles. The van der Waals surface area contributed by atoms with Crippen LogP contribution < -0.4 is 5.32 Å². The van der Waals surface area contributed by atoms with Gasteiger partial charge >= 0.3 is 0 Å². The molecule has 0 amide bonds. The van der Waals surface area contributed by atoms with Gasteiger partial charge in [0.05, 0.1) is 6.04 Å². The molecule has 5 nitrogen and oxygen atoms in total. The quantitative estimate of drug-likeness (QED) is 0.879. The molecule has 2 aromatic rings. The number of hydrogen-bond acceptors (Lipinski definition) is 4. The lowest BCUT2D eigenvalue weighted by atomic mass is 10.1. The Morgan fingerprint density at radius 3 is 2.67 bits per heavy atom. The Kier molecular flexibility index (Phi) is 6.22. The molecule has 0 bridgehead atoms. The largest absolute Gasteiger partial charge is 0.313 e. The van der Waals surface area contributed by atoms with Crippen LogP contribution in [0.2, 0.25) is 5.02 Å². The van der Waals surface area contributed by atoms with Gasteiger partial charge < -0.3 is 5.32 Å². The van der Waals surface area contributed by atoms with Crippen LogP contribution in [0.15, 0.2) is 47.5 Å². The average molecular weight is 388 g/mol. The summed E-state index contributed by atoms with van der Waals surface area (Å²) in [6.07, 6.45) is 1.41. The maximum atomic E-state index is 13.0. The van der Waals surface area contributed by atoms with Gasteiger partial charge in [-0.25, -0.2) is 8.42 Å². The number of benzene rings is 1. The third kappa shape index (κ3) is 3.73. The van der Waals surface area contributed by atoms with Crippen molar-refractivity contribution in [3.8, 4) is 0 Å². The van der Waals surface area contributed by atoms with Crippen LogP contribution in [0.5, 0.6) is 0 Å². The SMILES string of the molecule is Cc1ccc(S(=O)(=O)N2CCNCC2c2ccccc2Cl)cn1.Cl. The fraction of sp³-hybridized carbons (Fsp3) is 0.312. The van der Waals surface area contributed by atoms with Crippen molar-refractivity contribution in [1.29, 1.82) is 0 Å². The molecule has 1 atom stereocenters. The number of hydrogen-bond donors (Lipinski definition) is 1. The third-order valence-electron chi connectivity index (χ3n) is 3.95. The summed E-state index contributed by atoms with van der Waals surface area (Å²) in [6.45, 7) is 3.36. The number of pyridine rings is 1. The lowest BCUT2D eigenvalue weighted by Gasteiger charge is -2.35. The number of rotatable bonds is 3. The summed E-state index contributed by atoms with van der Waals surface area (Å²) in [7, 11) is -3.62. The predicted octanol–water partition coefficient (Wildman–Crippen LogP) is 2.80. The van der Waals surface area contributed by atoms with Crippen LogP contribution in [0, 0.1) is 6.92 Å². The Labute approximate surface area is 153 Å². The number of sulfonamides is 1. The summed E-state index contributed by atoms with van der Waals surface area (Å²) >= 11 is 6.28. The van der Waals surface area contributed by atoms with Gasteiger partial charge in [-0.2, -0.15) is 4.31 Å². The Morgan fingerprint density at radius 2 is 2.00 bits per heavy atom. The molecule has 24 heavy (non-hydrogen) atoms. The zero-order valence-corrected chi connectivity index (χ0v) is 15.5. The molecule has 0 saturated carbocycles. The lowest BCUT2D eigenvalue weighted by molar-refractivity contribution is 0.271. The first-order valence-corrected chi connectivity index (χ1v) is 9.21. The van der Waals surface area contributed by atoms with Crippen molar-refractivity contribution in [2.75, 3.05) is 19.6 Å². The van der Waals surface area contributed by atoms with Crippen LogP contribution in [-0.2, 0) is 10.0 Å². The minimum Gasteiger partial charge on any atom is -0.313 e. The highest BCUT2D eigenvalue weighted by molar-refractivity contribution is 7.89. The number of nitrogens with zero attached hydrogens (tertiary/aromatic N) is 2. The molecule has 1 aliphatic heterocycles. The van der Waals surface area contributed by atoms with E-state index < -0.39 is 10.0 Å². The summed E-state index contributed by atoms with van der Waals surface area (Å²) in [6, 6.07) is 10.3. The van der Waals surface area contributed by atoms with E-state index in [9.17, 15) is 8.42 Å². The Hall–Kier alpha value is -1.18. The van der Waals surface area contributed by atoms with Crippen molar-refractivity contribution in [3.05, 3.63) is 58.9 Å². The van der Waals surface area contributed by atoms with Gasteiger partial charge in [-0.1, -0.05) is 29.8 Å². The summed E-state index contributed by atoms with van der Waals surface area (Å²) in [4.78, 5) is 4.32. The average Bonchev–Trinajstić information content (AvgIpc) is 2.56. The maximum Gasteiger partial charge on any atom is 0.245 e. The van der Waals surface area contributed by atoms with Gasteiger partial charge in [-0.05, 0) is 30.7 Å². The van der Waals surface area contributed by atoms with Crippen LogP contribution in [-0.4, -0.2) is 37.3 Å². The van der Waals surface area contributed by atoms with Crippen molar-refractivity contribution in [1.82, 2.24) is 14.6 Å². The number of nitrogens with one attached hydrogen (secondary N) is 1. The summed E-state index contributed by atoms with van der Waals surface area (Å²) in [5, 5.41) is 3.82. The second-order valence-corrected chi connectivity index (χ2v) is 7.79. The highest BCUT2D eigenvalue weighted by atomic mass is 35.5. The van der Waals surface area contributed by atoms with E-state index >= 15 is 0 Å². The standard InChI is InChI=1S/C16H18ClN3O2S.ClH/c1-12-6-7-13(10-19-12)23(21,22)20-9-8-18-11-16(20)14-4-2-3-5-15(14)17;/h2-7,10,16,18H,8-9,11H2,1H3;1H. The normalized spacial score (nSPS) is 18.8. The number of piperazine rings is 1. The highest BCUT2D eigenvalue weighted by Gasteiger charge is 2.35. The van der Waals surface area contributed by atoms with Crippen molar-refractivity contribution in [2.45, 2.75) is 17.9 Å². The van der Waals surface area contributed by atoms with E-state index in [4.69, 9.17) is 11.6 Å². The fourth-order valence-electron chi connectivity index (χ4n) is 2.73. The minimum absolute atomic E-state index is 0. The van der Waals surface area contributed by atoms with E-state index in [0.717, 1.165) is 11.3 Å². The van der Waals surface area contributed by atoms with E-state index in [1.165, 1.54) is 10.5 Å². The van der Waals surface area contributed by atoms with Crippen molar-refractivity contribution in [3.63, 3.8) is 0 Å². The van der Waals surface area contributed by atoms with Crippen LogP contribution in [0.3, 0.4) is 0 Å². The van der Waals surface area contributed by atoms with Gasteiger partial charge in [0.1, 0.15) is 4.90 Å². The molecule has 1 saturated heterocycles. The predicted molar refractivity (Wildman–Crippen MR) is 97.2 cm³/mol. The lowest BCUT2D eigenvalue weighted by Crippen LogP contribution is -2.48. The molecule has 1 aromatic carbocycles. The van der Waals surface area contributed by atoms with Gasteiger partial charge in [0.15, 0.2) is 0 Å². The van der Waals surface area contributed by atoms with Crippen LogP contribution >= 0.6 is 24.0 Å². The topological polar surface area (TPSA) is 62.3 Å². The van der Waals surface area contributed by atoms with Crippen molar-refractivity contribution >= 4 is 34.0 Å². The van der Waals surface area contributed by atoms with Gasteiger partial charge in [-0.15, -0.1) is 12.4 Å². The Bertz CT molecular complexity index is 797. The first-order chi connectivity index (χ1) is 11.0. The molecule has 3 rings (SSSR count). The maximum absolute atomic E-state index is 13.0. The molecule has 1 N–H and O–H groups in total. The minimum atomic E-state index is -3.62. The Balaban J connectivity index is 0.00000208. The molecule has 1 unspecified atom stereocenters. The van der Waals surface area contributed by atoms with Crippen LogP contribution in [0.25, 0.3) is 0 Å². The smallest absolute Gasteiger partial charge is 0.245 e. The molecular weight excluding hydrogens is 369 g/mol. The second kappa shape index (κ2) is 7.80. The summed E-state index contributed by atoms with van der Waals surface area (Å²) in [5.74, 6) is 0. The van der Waals surface area contributed by atoms with E-state index in [1.54, 1.807) is 18.2 Å². The van der Waals surface area contributed by atoms with E-state index in [2.05, 4.69) is 10.3 Å². The molecule has 0 radical (unpaired) electrons. The first-order valence-electron chi connectivity index (χ1n) is 7.40. The van der Waals surface area contributed by atoms with Crippen LogP contribution in [0.4, 0.5) is 0 Å². The monoisotopic (exact) mass is 387 g/mol. The van der Waals surface area contributed by atoms with E-state index in [-0.39, 0.29) is 23.3 Å². The van der Waals surface area contributed by atoms with Crippen LogP contribution in [0.1, 0.15) is 17.3 Å². The van der Waals surface area contributed by atoms with E-state index in [0.29, 0.717) is 24.7 Å². The zero-order valence-electron chi connectivity index (χ0n) is 13.1. The molecule has 0 spiro atoms. The number of halogens is 2. The molecule has 1 fully saturated rings. The second-order valence-electron chi connectivity index (χ2n) is 5.49. The van der Waals surface area contributed by atoms with Gasteiger partial charge in [0.2, 0.25) is 10.0 Å². The molecule has 0 aliphatic carbocycles. The van der Waals surface area contributed by atoms with Crippen molar-refractivity contribution in [2.24, 2.45) is 0 Å². The number of aromatic nitrogens is 1. The fourth-order valence-corrected chi connectivity index (χ4v) is 4.54. The number of aryl methyl sites for hydroxylation is 1. The highest BCUT2D eigenvalue weighted by Crippen LogP contribution is 2.32. The summed E-state index contributed by atoms with van der Waals surface area (Å²) < 4.78 is 27.5. The molecule has 1 aliphatic rings. The first kappa shape index (κ1) is 19.1. The van der Waals surface area contributed by atoms with Crippen molar-refractivity contribution < 1.29 is 8.42 Å². The zero-order chi connectivity index (χ0) is 16.4. The molecular formula is C16H19Cl2N3O2S. The third-order valence-corrected chi connectivity index (χ3v) is 6.19.